The van der Waals surface area contributed by atoms with Gasteiger partial charge in [0.25, 0.3) is 0 Å². The first-order valence-electron chi connectivity index (χ1n) is 5.20. The van der Waals surface area contributed by atoms with E-state index < -0.39 is 5.97 Å². The second-order valence-electron chi connectivity index (χ2n) is 4.15. The number of nitrogens with two attached hydrogens (primary N) is 1. The molecule has 92 valence electrons. The van der Waals surface area contributed by atoms with Gasteiger partial charge in [0, 0.05) is 0 Å². The van der Waals surface area contributed by atoms with Crippen LogP contribution in [0.2, 0.25) is 5.15 Å². The number of nitrogens with zero attached hydrogens (tertiary/aromatic N) is 1. The van der Waals surface area contributed by atoms with Crippen molar-refractivity contribution in [3.8, 4) is 5.75 Å². The SMILES string of the molecule is COC(=O)c1cc(OCC2(N)CC2)cnc1Cl. The van der Waals surface area contributed by atoms with Crippen molar-refractivity contribution in [2.24, 2.45) is 5.73 Å². The van der Waals surface area contributed by atoms with Crippen LogP contribution in [0.15, 0.2) is 12.3 Å². The molecule has 0 atom stereocenters. The van der Waals surface area contributed by atoms with Crippen molar-refractivity contribution in [3.05, 3.63) is 23.0 Å². The summed E-state index contributed by atoms with van der Waals surface area (Å²) in [5, 5.41) is 0.0954. The monoisotopic (exact) mass is 256 g/mol. The molecule has 1 aliphatic carbocycles. The van der Waals surface area contributed by atoms with Crippen LogP contribution in [0.25, 0.3) is 0 Å². The molecule has 1 aliphatic rings. The smallest absolute Gasteiger partial charge is 0.341 e. The maximum atomic E-state index is 11.4. The molecule has 1 aromatic heterocycles. The molecule has 0 saturated heterocycles. The molecule has 1 aromatic rings. The Kier molecular flexibility index (Phi) is 3.22. The van der Waals surface area contributed by atoms with Gasteiger partial charge in [0.15, 0.2) is 0 Å². The predicted octanol–water partition coefficient (Wildman–Crippen LogP) is 1.39. The van der Waals surface area contributed by atoms with Crippen LogP contribution >= 0.6 is 11.6 Å². The Hall–Kier alpha value is -1.33. The Bertz CT molecular complexity index is 446. The lowest BCUT2D eigenvalue weighted by Gasteiger charge is -2.11. The number of carbonyl (C=O) groups excluding carboxylic acids is 1. The van der Waals surface area contributed by atoms with E-state index in [4.69, 9.17) is 22.1 Å². The molecule has 0 unspecified atom stereocenters. The highest BCUT2D eigenvalue weighted by atomic mass is 35.5. The van der Waals surface area contributed by atoms with Gasteiger partial charge >= 0.3 is 5.97 Å². The molecule has 0 bridgehead atoms. The van der Waals surface area contributed by atoms with Crippen LogP contribution in [0.5, 0.6) is 5.75 Å². The largest absolute Gasteiger partial charge is 0.490 e. The van der Waals surface area contributed by atoms with Crippen molar-refractivity contribution < 1.29 is 14.3 Å². The van der Waals surface area contributed by atoms with Crippen molar-refractivity contribution >= 4 is 17.6 Å². The lowest BCUT2D eigenvalue weighted by atomic mass is 10.3. The van der Waals surface area contributed by atoms with E-state index in [1.54, 1.807) is 0 Å². The van der Waals surface area contributed by atoms with Crippen LogP contribution in [0, 0.1) is 0 Å². The zero-order valence-corrected chi connectivity index (χ0v) is 10.2. The molecule has 2 rings (SSSR count). The molecular formula is C11H13ClN2O3. The number of aromatic nitrogens is 1. The van der Waals surface area contributed by atoms with Crippen molar-refractivity contribution in [2.75, 3.05) is 13.7 Å². The zero-order valence-electron chi connectivity index (χ0n) is 9.40. The van der Waals surface area contributed by atoms with E-state index in [1.807, 2.05) is 0 Å². The van der Waals surface area contributed by atoms with Gasteiger partial charge < -0.3 is 15.2 Å². The fourth-order valence-electron chi connectivity index (χ4n) is 1.29. The van der Waals surface area contributed by atoms with E-state index in [0.717, 1.165) is 12.8 Å². The highest BCUT2D eigenvalue weighted by Gasteiger charge is 2.39. The maximum Gasteiger partial charge on any atom is 0.341 e. The minimum absolute atomic E-state index is 0.0954. The number of pyridine rings is 1. The third kappa shape index (κ3) is 2.87. The summed E-state index contributed by atoms with van der Waals surface area (Å²) in [6.07, 6.45) is 3.37. The first-order chi connectivity index (χ1) is 8.04. The minimum Gasteiger partial charge on any atom is -0.490 e. The topological polar surface area (TPSA) is 74.4 Å². The summed E-state index contributed by atoms with van der Waals surface area (Å²) in [5.41, 5.74) is 5.86. The molecule has 0 aliphatic heterocycles. The van der Waals surface area contributed by atoms with E-state index >= 15 is 0 Å². The average Bonchev–Trinajstić information content (AvgIpc) is 3.06. The number of halogens is 1. The molecule has 0 radical (unpaired) electrons. The molecule has 17 heavy (non-hydrogen) atoms. The van der Waals surface area contributed by atoms with Gasteiger partial charge in [-0.15, -0.1) is 0 Å². The number of hydrogen-bond acceptors (Lipinski definition) is 5. The Morgan fingerprint density at radius 2 is 2.35 bits per heavy atom. The summed E-state index contributed by atoms with van der Waals surface area (Å²) in [6.45, 7) is 0.414. The highest BCUT2D eigenvalue weighted by Crippen LogP contribution is 2.32. The Balaban J connectivity index is 2.10. The fourth-order valence-corrected chi connectivity index (χ4v) is 1.47. The molecule has 1 heterocycles. The molecule has 1 saturated carbocycles. The van der Waals surface area contributed by atoms with Crippen molar-refractivity contribution in [3.63, 3.8) is 0 Å². The molecule has 0 spiro atoms. The summed E-state index contributed by atoms with van der Waals surface area (Å²) >= 11 is 5.78. The predicted molar refractivity (Wildman–Crippen MR) is 62.2 cm³/mol. The van der Waals surface area contributed by atoms with Crippen molar-refractivity contribution in [2.45, 2.75) is 18.4 Å². The quantitative estimate of drug-likeness (QED) is 0.651. The number of ether oxygens (including phenoxy) is 2. The fraction of sp³-hybridized carbons (Fsp3) is 0.455. The molecule has 2 N–H and O–H groups in total. The first kappa shape index (κ1) is 12.1. The Labute approximate surface area is 104 Å². The van der Waals surface area contributed by atoms with Crippen LogP contribution in [-0.4, -0.2) is 30.2 Å². The van der Waals surface area contributed by atoms with Crippen LogP contribution in [-0.2, 0) is 4.74 Å². The lowest BCUT2D eigenvalue weighted by Crippen LogP contribution is -2.29. The lowest BCUT2D eigenvalue weighted by molar-refractivity contribution is 0.0600. The molecule has 0 amide bonds. The summed E-state index contributed by atoms with van der Waals surface area (Å²) < 4.78 is 10.1. The second kappa shape index (κ2) is 4.50. The van der Waals surface area contributed by atoms with Gasteiger partial charge in [0.2, 0.25) is 0 Å². The van der Waals surface area contributed by atoms with Gasteiger partial charge in [0.05, 0.1) is 18.8 Å². The van der Waals surface area contributed by atoms with E-state index in [-0.39, 0.29) is 16.3 Å². The van der Waals surface area contributed by atoms with Crippen LogP contribution in [0.1, 0.15) is 23.2 Å². The van der Waals surface area contributed by atoms with Crippen LogP contribution in [0.4, 0.5) is 0 Å². The van der Waals surface area contributed by atoms with Crippen LogP contribution < -0.4 is 10.5 Å². The normalized spacial score (nSPS) is 16.4. The third-order valence-electron chi connectivity index (χ3n) is 2.64. The van der Waals surface area contributed by atoms with Gasteiger partial charge in [-0.3, -0.25) is 0 Å². The Morgan fingerprint density at radius 3 is 2.94 bits per heavy atom. The maximum absolute atomic E-state index is 11.4. The number of methoxy groups -OCH3 is 1. The van der Waals surface area contributed by atoms with Crippen LogP contribution in [0.3, 0.4) is 0 Å². The van der Waals surface area contributed by atoms with Gasteiger partial charge in [-0.2, -0.15) is 0 Å². The van der Waals surface area contributed by atoms with E-state index in [0.29, 0.717) is 12.4 Å². The van der Waals surface area contributed by atoms with Gasteiger partial charge in [-0.05, 0) is 18.9 Å². The van der Waals surface area contributed by atoms with Crippen molar-refractivity contribution in [1.29, 1.82) is 0 Å². The number of rotatable bonds is 4. The zero-order chi connectivity index (χ0) is 12.5. The molecule has 5 nitrogen and oxygen atoms in total. The van der Waals surface area contributed by atoms with E-state index in [9.17, 15) is 4.79 Å². The van der Waals surface area contributed by atoms with Gasteiger partial charge in [0.1, 0.15) is 23.1 Å². The molecule has 0 aromatic carbocycles. The average molecular weight is 257 g/mol. The number of carbonyl (C=O) groups is 1. The minimum atomic E-state index is -0.540. The van der Waals surface area contributed by atoms with Gasteiger partial charge in [-0.1, -0.05) is 11.6 Å². The highest BCUT2D eigenvalue weighted by molar-refractivity contribution is 6.32. The first-order valence-corrected chi connectivity index (χ1v) is 5.57. The second-order valence-corrected chi connectivity index (χ2v) is 4.51. The number of esters is 1. The summed E-state index contributed by atoms with van der Waals surface area (Å²) in [5.74, 6) is -0.0756. The van der Waals surface area contributed by atoms with E-state index in [1.165, 1.54) is 19.4 Å². The third-order valence-corrected chi connectivity index (χ3v) is 2.94. The Morgan fingerprint density at radius 1 is 1.65 bits per heavy atom. The molecule has 6 heteroatoms. The standard InChI is InChI=1S/C11H13ClN2O3/c1-16-10(15)8-4-7(5-14-9(8)12)17-6-11(13)2-3-11/h4-5H,2-3,6,13H2,1H3. The van der Waals surface area contributed by atoms with Gasteiger partial charge in [-0.25, -0.2) is 9.78 Å². The van der Waals surface area contributed by atoms with E-state index in [2.05, 4.69) is 9.72 Å². The molecular weight excluding hydrogens is 244 g/mol. The van der Waals surface area contributed by atoms with Crippen molar-refractivity contribution in [1.82, 2.24) is 4.98 Å². The number of hydrogen-bond donors (Lipinski definition) is 1. The summed E-state index contributed by atoms with van der Waals surface area (Å²) in [6, 6.07) is 1.51. The molecule has 1 fully saturated rings. The summed E-state index contributed by atoms with van der Waals surface area (Å²) in [4.78, 5) is 15.2. The summed E-state index contributed by atoms with van der Waals surface area (Å²) in [7, 11) is 1.28.